The Morgan fingerprint density at radius 1 is 0.403 bits per heavy atom. The summed E-state index contributed by atoms with van der Waals surface area (Å²) in [4.78, 5) is 24.6. The van der Waals surface area contributed by atoms with Crippen molar-refractivity contribution in [3.8, 4) is 0 Å². The average molecular weight is 945 g/mol. The minimum absolute atomic E-state index is 0.00469. The first-order valence-electron chi connectivity index (χ1n) is 30.1. The maximum absolute atomic E-state index is 12.5. The number of allylic oxidation sites excluding steroid dienone is 4. The highest BCUT2D eigenvalue weighted by molar-refractivity contribution is 5.76. The Kier molecular flexibility index (Phi) is 55.5. The van der Waals surface area contributed by atoms with Gasteiger partial charge in [-0.1, -0.05) is 263 Å². The van der Waals surface area contributed by atoms with Gasteiger partial charge in [-0.3, -0.25) is 9.59 Å². The molecule has 6 nitrogen and oxygen atoms in total. The van der Waals surface area contributed by atoms with Crippen LogP contribution in [0, 0.1) is 0 Å². The van der Waals surface area contributed by atoms with Gasteiger partial charge < -0.3 is 20.3 Å². The number of ether oxygens (including phenoxy) is 1. The van der Waals surface area contributed by atoms with E-state index in [0.717, 1.165) is 57.8 Å². The van der Waals surface area contributed by atoms with Crippen molar-refractivity contribution in [3.63, 3.8) is 0 Å². The monoisotopic (exact) mass is 944 g/mol. The number of hydrogen-bond donors (Lipinski definition) is 3. The zero-order valence-electron chi connectivity index (χ0n) is 45.1. The van der Waals surface area contributed by atoms with Crippen LogP contribution < -0.4 is 5.32 Å². The lowest BCUT2D eigenvalue weighted by molar-refractivity contribution is -0.143. The number of amides is 1. The van der Waals surface area contributed by atoms with Crippen molar-refractivity contribution in [2.75, 3.05) is 13.2 Å². The molecule has 67 heavy (non-hydrogen) atoms. The second-order valence-corrected chi connectivity index (χ2v) is 20.7. The van der Waals surface area contributed by atoms with Gasteiger partial charge in [-0.15, -0.1) is 0 Å². The number of rotatable bonds is 56. The molecular formula is C61H117NO5. The predicted molar refractivity (Wildman–Crippen MR) is 292 cm³/mol. The van der Waals surface area contributed by atoms with Gasteiger partial charge in [-0.05, 0) is 77.0 Å². The van der Waals surface area contributed by atoms with E-state index in [9.17, 15) is 19.8 Å². The van der Waals surface area contributed by atoms with Crippen molar-refractivity contribution in [2.45, 2.75) is 341 Å². The van der Waals surface area contributed by atoms with Gasteiger partial charge in [0.25, 0.3) is 0 Å². The summed E-state index contributed by atoms with van der Waals surface area (Å²) in [6.07, 6.45) is 68.8. The number of nitrogens with one attached hydrogen (secondary N) is 1. The summed E-state index contributed by atoms with van der Waals surface area (Å²) in [6, 6.07) is -0.550. The molecule has 0 aromatic rings. The summed E-state index contributed by atoms with van der Waals surface area (Å²) in [7, 11) is 0. The molecule has 0 aliphatic heterocycles. The van der Waals surface area contributed by atoms with Crippen molar-refractivity contribution in [2.24, 2.45) is 0 Å². The average Bonchev–Trinajstić information content (AvgIpc) is 3.33. The molecule has 396 valence electrons. The number of hydrogen-bond acceptors (Lipinski definition) is 5. The molecule has 0 spiro atoms. The van der Waals surface area contributed by atoms with Crippen LogP contribution in [0.5, 0.6) is 0 Å². The third-order valence-corrected chi connectivity index (χ3v) is 14.0. The number of esters is 1. The molecule has 0 rings (SSSR count). The lowest BCUT2D eigenvalue weighted by atomic mass is 10.0. The molecule has 2 atom stereocenters. The van der Waals surface area contributed by atoms with Gasteiger partial charge in [0.05, 0.1) is 25.4 Å². The Balaban J connectivity index is 3.44. The van der Waals surface area contributed by atoms with E-state index in [-0.39, 0.29) is 18.5 Å². The fourth-order valence-corrected chi connectivity index (χ4v) is 9.34. The molecule has 1 amide bonds. The summed E-state index contributed by atoms with van der Waals surface area (Å²) in [5.74, 6) is -0.0500. The van der Waals surface area contributed by atoms with Crippen molar-refractivity contribution in [3.05, 3.63) is 24.3 Å². The first-order valence-corrected chi connectivity index (χ1v) is 30.1. The van der Waals surface area contributed by atoms with Gasteiger partial charge in [-0.25, -0.2) is 0 Å². The van der Waals surface area contributed by atoms with Crippen LogP contribution in [0.15, 0.2) is 24.3 Å². The summed E-state index contributed by atoms with van der Waals surface area (Å²) in [5.41, 5.74) is 0. The van der Waals surface area contributed by atoms with Gasteiger partial charge in [-0.2, -0.15) is 0 Å². The van der Waals surface area contributed by atoms with E-state index in [1.165, 1.54) is 238 Å². The zero-order valence-corrected chi connectivity index (χ0v) is 45.1. The van der Waals surface area contributed by atoms with Crippen LogP contribution in [0.4, 0.5) is 0 Å². The van der Waals surface area contributed by atoms with Crippen molar-refractivity contribution in [1.82, 2.24) is 5.32 Å². The fraction of sp³-hybridized carbons (Fsp3) is 0.902. The van der Waals surface area contributed by atoms with Crippen LogP contribution >= 0.6 is 0 Å². The van der Waals surface area contributed by atoms with Gasteiger partial charge in [0.2, 0.25) is 5.91 Å². The smallest absolute Gasteiger partial charge is 0.305 e. The van der Waals surface area contributed by atoms with Crippen LogP contribution in [0.1, 0.15) is 328 Å². The first kappa shape index (κ1) is 65.3. The number of carbonyl (C=O) groups excluding carboxylic acids is 2. The van der Waals surface area contributed by atoms with Crippen LogP contribution in [-0.4, -0.2) is 47.4 Å². The van der Waals surface area contributed by atoms with E-state index in [2.05, 4.69) is 43.5 Å². The third kappa shape index (κ3) is 53.5. The van der Waals surface area contributed by atoms with Crippen molar-refractivity contribution >= 4 is 11.9 Å². The molecule has 0 aromatic carbocycles. The molecule has 0 heterocycles. The van der Waals surface area contributed by atoms with Crippen LogP contribution in [0.3, 0.4) is 0 Å². The second-order valence-electron chi connectivity index (χ2n) is 20.7. The largest absolute Gasteiger partial charge is 0.466 e. The second kappa shape index (κ2) is 56.9. The quantitative estimate of drug-likeness (QED) is 0.0321. The van der Waals surface area contributed by atoms with E-state index in [0.29, 0.717) is 25.9 Å². The number of carbonyl (C=O) groups is 2. The maximum atomic E-state index is 12.5. The van der Waals surface area contributed by atoms with Gasteiger partial charge >= 0.3 is 5.97 Å². The molecule has 0 aliphatic carbocycles. The minimum Gasteiger partial charge on any atom is -0.466 e. The molecule has 2 unspecified atom stereocenters. The predicted octanol–water partition coefficient (Wildman–Crippen LogP) is 18.6. The van der Waals surface area contributed by atoms with Gasteiger partial charge in [0.1, 0.15) is 0 Å². The Hall–Kier alpha value is -1.66. The Bertz CT molecular complexity index is 1040. The SMILES string of the molecule is CCCCCCCC/C=C\CCCCCCCCCC(=O)OCCCCCCCC/C=C\CCCCCCCCCC(=O)NC(CO)C(O)CCCCCCCCCCCCCCCCCC. The van der Waals surface area contributed by atoms with Gasteiger partial charge in [0.15, 0.2) is 0 Å². The molecule has 3 N–H and O–H groups in total. The molecule has 6 heteroatoms. The Labute approximate surface area is 418 Å². The lowest BCUT2D eigenvalue weighted by Crippen LogP contribution is -2.45. The van der Waals surface area contributed by atoms with E-state index < -0.39 is 12.1 Å². The van der Waals surface area contributed by atoms with E-state index in [1.54, 1.807) is 0 Å². The van der Waals surface area contributed by atoms with E-state index >= 15 is 0 Å². The van der Waals surface area contributed by atoms with E-state index in [1.807, 2.05) is 0 Å². The summed E-state index contributed by atoms with van der Waals surface area (Å²) in [6.45, 7) is 4.94. The van der Waals surface area contributed by atoms with Crippen LogP contribution in [-0.2, 0) is 14.3 Å². The molecule has 0 fully saturated rings. The lowest BCUT2D eigenvalue weighted by Gasteiger charge is -2.22. The molecule has 0 saturated heterocycles. The number of aliphatic hydroxyl groups is 2. The number of unbranched alkanes of at least 4 members (excludes halogenated alkanes) is 41. The van der Waals surface area contributed by atoms with Crippen LogP contribution in [0.25, 0.3) is 0 Å². The first-order chi connectivity index (χ1) is 33.0. The van der Waals surface area contributed by atoms with Crippen molar-refractivity contribution in [1.29, 1.82) is 0 Å². The molecule has 0 radical (unpaired) electrons. The maximum Gasteiger partial charge on any atom is 0.305 e. The minimum atomic E-state index is -0.672. The Morgan fingerprint density at radius 3 is 1.06 bits per heavy atom. The highest BCUT2D eigenvalue weighted by atomic mass is 16.5. The molecular weight excluding hydrogens is 827 g/mol. The summed E-state index contributed by atoms with van der Waals surface area (Å²) in [5, 5.41) is 23.3. The molecule has 0 aromatic heterocycles. The topological polar surface area (TPSA) is 95.9 Å². The fourth-order valence-electron chi connectivity index (χ4n) is 9.34. The highest BCUT2D eigenvalue weighted by Crippen LogP contribution is 2.17. The van der Waals surface area contributed by atoms with E-state index in [4.69, 9.17) is 4.74 Å². The standard InChI is InChI=1S/C61H117NO5/c1-3-5-7-9-11-13-15-17-19-22-27-31-35-39-43-47-51-55-61(66)67-56-52-48-44-40-36-32-28-24-21-23-26-30-34-38-42-46-50-54-60(65)62-58(57-63)59(64)53-49-45-41-37-33-29-25-20-18-16-14-12-10-8-6-4-2/h17,19,21,24,58-59,63-64H,3-16,18,20,22-23,25-57H2,1-2H3,(H,62,65)/b19-17-,24-21-. The summed E-state index contributed by atoms with van der Waals surface area (Å²) >= 11 is 0. The summed E-state index contributed by atoms with van der Waals surface area (Å²) < 4.78 is 5.48. The Morgan fingerprint density at radius 2 is 0.701 bits per heavy atom. The number of aliphatic hydroxyl groups excluding tert-OH is 2. The van der Waals surface area contributed by atoms with Gasteiger partial charge in [0, 0.05) is 12.8 Å². The van der Waals surface area contributed by atoms with Crippen molar-refractivity contribution < 1.29 is 24.5 Å². The zero-order chi connectivity index (χ0) is 48.6. The van der Waals surface area contributed by atoms with Crippen LogP contribution in [0.2, 0.25) is 0 Å². The third-order valence-electron chi connectivity index (χ3n) is 14.0. The molecule has 0 aliphatic rings. The molecule has 0 bridgehead atoms. The normalized spacial score (nSPS) is 12.7. The highest BCUT2D eigenvalue weighted by Gasteiger charge is 2.20. The molecule has 0 saturated carbocycles.